The summed E-state index contributed by atoms with van der Waals surface area (Å²) in [6.45, 7) is 4.81. The first-order valence-corrected chi connectivity index (χ1v) is 12.5. The highest BCUT2D eigenvalue weighted by Crippen LogP contribution is 2.30. The number of nitrogens with zero attached hydrogens (tertiary/aromatic N) is 3. The maximum Gasteiger partial charge on any atom is 0.316 e. The number of benzene rings is 3. The molecule has 1 amide bonds. The molecule has 38 heavy (non-hydrogen) atoms. The Morgan fingerprint density at radius 3 is 2.37 bits per heavy atom. The van der Waals surface area contributed by atoms with E-state index in [0.717, 1.165) is 11.6 Å². The van der Waals surface area contributed by atoms with Crippen molar-refractivity contribution in [1.29, 1.82) is 0 Å². The van der Waals surface area contributed by atoms with Crippen molar-refractivity contribution in [3.63, 3.8) is 0 Å². The zero-order chi connectivity index (χ0) is 26.8. The van der Waals surface area contributed by atoms with E-state index >= 15 is 0 Å². The summed E-state index contributed by atoms with van der Waals surface area (Å²) >= 11 is 0. The number of carbonyl (C=O) groups is 1. The summed E-state index contributed by atoms with van der Waals surface area (Å²) in [5.41, 5.74) is 1.62. The minimum atomic E-state index is -0.945. The molecule has 1 aliphatic rings. The fourth-order valence-corrected chi connectivity index (χ4v) is 4.79. The third kappa shape index (κ3) is 4.81. The predicted molar refractivity (Wildman–Crippen MR) is 140 cm³/mol. The van der Waals surface area contributed by atoms with Crippen molar-refractivity contribution in [1.82, 2.24) is 14.5 Å². The Morgan fingerprint density at radius 1 is 0.895 bits per heavy atom. The summed E-state index contributed by atoms with van der Waals surface area (Å²) in [6, 6.07) is 20.3. The maximum absolute atomic E-state index is 14.7. The fraction of sp³-hybridized carbons (Fsp3) is 0.233. The van der Waals surface area contributed by atoms with Gasteiger partial charge < -0.3 is 14.2 Å². The van der Waals surface area contributed by atoms with Crippen molar-refractivity contribution in [2.75, 3.05) is 6.54 Å². The summed E-state index contributed by atoms with van der Waals surface area (Å²) in [5.74, 6) is -1.92. The molecule has 0 bridgehead atoms. The molecule has 4 aromatic rings. The molecule has 0 radical (unpaired) electrons. The Morgan fingerprint density at radius 2 is 1.61 bits per heavy atom. The SMILES string of the molecule is CC(C)N1CCn2c(Cc3ccccc3-c3cccc(F)c3F)nc(=O)c(OCc3ccccc3)c2C1=O. The maximum atomic E-state index is 14.7. The van der Waals surface area contributed by atoms with E-state index in [4.69, 9.17) is 4.74 Å². The quantitative estimate of drug-likeness (QED) is 0.339. The van der Waals surface area contributed by atoms with Crippen molar-refractivity contribution in [2.45, 2.75) is 39.5 Å². The molecule has 0 N–H and O–H groups in total. The first-order chi connectivity index (χ1) is 18.3. The van der Waals surface area contributed by atoms with Crippen molar-refractivity contribution in [3.05, 3.63) is 117 Å². The number of rotatable bonds is 7. The van der Waals surface area contributed by atoms with E-state index in [1.807, 2.05) is 44.2 Å². The molecule has 1 aliphatic heterocycles. The second kappa shape index (κ2) is 10.6. The molecule has 2 heterocycles. The molecule has 8 heteroatoms. The third-order valence-corrected chi connectivity index (χ3v) is 6.71. The first-order valence-electron chi connectivity index (χ1n) is 12.5. The van der Waals surface area contributed by atoms with Crippen LogP contribution in [0, 0.1) is 11.6 Å². The van der Waals surface area contributed by atoms with Crippen LogP contribution in [0.2, 0.25) is 0 Å². The topological polar surface area (TPSA) is 64.4 Å². The molecule has 0 saturated heterocycles. The summed E-state index contributed by atoms with van der Waals surface area (Å²) in [7, 11) is 0. The summed E-state index contributed by atoms with van der Waals surface area (Å²) in [6.07, 6.45) is 0.141. The highest BCUT2D eigenvalue weighted by atomic mass is 19.2. The molecule has 0 atom stereocenters. The van der Waals surface area contributed by atoms with Gasteiger partial charge in [-0.2, -0.15) is 4.98 Å². The van der Waals surface area contributed by atoms with Crippen LogP contribution < -0.4 is 10.3 Å². The molecule has 0 saturated carbocycles. The average Bonchev–Trinajstić information content (AvgIpc) is 2.91. The van der Waals surface area contributed by atoms with Gasteiger partial charge in [0.2, 0.25) is 5.75 Å². The Bertz CT molecular complexity index is 1550. The smallest absolute Gasteiger partial charge is 0.316 e. The standard InChI is InChI=1S/C30H27F2N3O3/c1-19(2)34-15-16-35-25(17-21-11-6-7-12-22(21)23-13-8-14-24(31)26(23)32)33-29(36)28(27(35)30(34)37)38-18-20-9-4-3-5-10-20/h3-14,19H,15-18H2,1-2H3. The molecule has 5 rings (SSSR count). The van der Waals surface area contributed by atoms with E-state index in [1.54, 1.807) is 33.7 Å². The lowest BCUT2D eigenvalue weighted by Crippen LogP contribution is -2.46. The third-order valence-electron chi connectivity index (χ3n) is 6.71. The van der Waals surface area contributed by atoms with Gasteiger partial charge in [0, 0.05) is 31.1 Å². The molecule has 0 unspecified atom stereocenters. The molecule has 6 nitrogen and oxygen atoms in total. The Balaban J connectivity index is 1.59. The van der Waals surface area contributed by atoms with E-state index in [2.05, 4.69) is 4.98 Å². The normalized spacial score (nSPS) is 13.1. The molecule has 1 aromatic heterocycles. The Labute approximate surface area is 219 Å². The second-order valence-corrected chi connectivity index (χ2v) is 9.46. The molecule has 0 fully saturated rings. The number of aromatic nitrogens is 2. The minimum Gasteiger partial charge on any atom is -0.481 e. The lowest BCUT2D eigenvalue weighted by Gasteiger charge is -2.34. The van der Waals surface area contributed by atoms with E-state index < -0.39 is 17.2 Å². The van der Waals surface area contributed by atoms with Crippen LogP contribution in [0.15, 0.2) is 77.6 Å². The van der Waals surface area contributed by atoms with E-state index in [0.29, 0.717) is 30.0 Å². The van der Waals surface area contributed by atoms with Crippen LogP contribution in [0.4, 0.5) is 8.78 Å². The van der Waals surface area contributed by atoms with Gasteiger partial charge in [0.05, 0.1) is 0 Å². The molecule has 194 valence electrons. The van der Waals surface area contributed by atoms with Gasteiger partial charge in [-0.1, -0.05) is 66.7 Å². The van der Waals surface area contributed by atoms with Crippen LogP contribution in [-0.4, -0.2) is 32.9 Å². The van der Waals surface area contributed by atoms with Crippen LogP contribution in [0.25, 0.3) is 11.1 Å². The number of fused-ring (bicyclic) bond motifs is 1. The van der Waals surface area contributed by atoms with Crippen LogP contribution in [0.3, 0.4) is 0 Å². The highest BCUT2D eigenvalue weighted by Gasteiger charge is 2.33. The highest BCUT2D eigenvalue weighted by molar-refractivity contribution is 5.96. The van der Waals surface area contributed by atoms with Crippen molar-refractivity contribution < 1.29 is 18.3 Å². The first kappa shape index (κ1) is 25.3. The monoisotopic (exact) mass is 515 g/mol. The number of halogens is 2. The van der Waals surface area contributed by atoms with Gasteiger partial charge in [-0.25, -0.2) is 8.78 Å². The van der Waals surface area contributed by atoms with Gasteiger partial charge in [-0.3, -0.25) is 9.59 Å². The Hall–Kier alpha value is -4.33. The van der Waals surface area contributed by atoms with Gasteiger partial charge in [-0.05, 0) is 36.6 Å². The average molecular weight is 516 g/mol. The molecular weight excluding hydrogens is 488 g/mol. The lowest BCUT2D eigenvalue weighted by molar-refractivity contribution is 0.0634. The number of carbonyl (C=O) groups excluding carboxylic acids is 1. The summed E-state index contributed by atoms with van der Waals surface area (Å²) in [5, 5.41) is 0. The molecule has 0 aliphatic carbocycles. The summed E-state index contributed by atoms with van der Waals surface area (Å²) in [4.78, 5) is 32.9. The zero-order valence-electron chi connectivity index (χ0n) is 21.2. The molecular formula is C30H27F2N3O3. The molecule has 3 aromatic carbocycles. The van der Waals surface area contributed by atoms with Gasteiger partial charge >= 0.3 is 5.56 Å². The van der Waals surface area contributed by atoms with Gasteiger partial charge in [-0.15, -0.1) is 0 Å². The fourth-order valence-electron chi connectivity index (χ4n) is 4.79. The molecule has 0 spiro atoms. The predicted octanol–water partition coefficient (Wildman–Crippen LogP) is 5.22. The van der Waals surface area contributed by atoms with Crippen molar-refractivity contribution in [3.8, 4) is 16.9 Å². The van der Waals surface area contributed by atoms with E-state index in [-0.39, 0.29) is 42.0 Å². The zero-order valence-corrected chi connectivity index (χ0v) is 21.2. The largest absolute Gasteiger partial charge is 0.481 e. The number of hydrogen-bond acceptors (Lipinski definition) is 4. The van der Waals surface area contributed by atoms with E-state index in [9.17, 15) is 18.4 Å². The van der Waals surface area contributed by atoms with E-state index in [1.165, 1.54) is 12.1 Å². The second-order valence-electron chi connectivity index (χ2n) is 9.46. The van der Waals surface area contributed by atoms with Crippen LogP contribution in [0.5, 0.6) is 5.75 Å². The van der Waals surface area contributed by atoms with Gasteiger partial charge in [0.1, 0.15) is 12.4 Å². The van der Waals surface area contributed by atoms with Gasteiger partial charge in [0.15, 0.2) is 17.3 Å². The van der Waals surface area contributed by atoms with Gasteiger partial charge in [0.25, 0.3) is 5.91 Å². The van der Waals surface area contributed by atoms with Crippen LogP contribution in [0.1, 0.15) is 41.3 Å². The summed E-state index contributed by atoms with van der Waals surface area (Å²) < 4.78 is 36.3. The van der Waals surface area contributed by atoms with Crippen LogP contribution >= 0.6 is 0 Å². The van der Waals surface area contributed by atoms with Crippen LogP contribution in [-0.2, 0) is 19.6 Å². The lowest BCUT2D eigenvalue weighted by atomic mass is 9.96. The number of ether oxygens (including phenoxy) is 1. The number of amides is 1. The van der Waals surface area contributed by atoms with Crippen molar-refractivity contribution >= 4 is 5.91 Å². The Kier molecular flexibility index (Phi) is 7.05. The van der Waals surface area contributed by atoms with Crippen molar-refractivity contribution in [2.24, 2.45) is 0 Å². The minimum absolute atomic E-state index is 0.0679. The number of hydrogen-bond donors (Lipinski definition) is 0.